The summed E-state index contributed by atoms with van der Waals surface area (Å²) in [6.45, 7) is 1.32. The van der Waals surface area contributed by atoms with Gasteiger partial charge in [0, 0.05) is 31.0 Å². The number of nitrogens with zero attached hydrogens (tertiary/aromatic N) is 2. The summed E-state index contributed by atoms with van der Waals surface area (Å²) >= 11 is 0. The molecule has 5 nitrogen and oxygen atoms in total. The van der Waals surface area contributed by atoms with Crippen LogP contribution < -0.4 is 11.3 Å². The zero-order chi connectivity index (χ0) is 14.8. The van der Waals surface area contributed by atoms with E-state index in [2.05, 4.69) is 6.07 Å². The number of pyridine rings is 1. The summed E-state index contributed by atoms with van der Waals surface area (Å²) in [7, 11) is 0. The van der Waals surface area contributed by atoms with Crippen molar-refractivity contribution in [2.24, 2.45) is 0 Å². The molecule has 1 amide bonds. The molecule has 1 aliphatic heterocycles. The molecule has 0 radical (unpaired) electrons. The lowest BCUT2D eigenvalue weighted by Gasteiger charge is -2.29. The van der Waals surface area contributed by atoms with E-state index in [0.29, 0.717) is 18.8 Å². The maximum Gasteiger partial charge on any atom is 0.251 e. The van der Waals surface area contributed by atoms with Gasteiger partial charge in [-0.15, -0.1) is 0 Å². The van der Waals surface area contributed by atoms with E-state index in [1.807, 2.05) is 18.2 Å². The Bertz CT molecular complexity index is 736. The number of benzene rings is 1. The highest BCUT2D eigenvalue weighted by atomic mass is 16.2. The number of nitrogens with two attached hydrogens (primary N) is 1. The molecule has 2 aromatic rings. The molecule has 0 fully saturated rings. The van der Waals surface area contributed by atoms with E-state index in [4.69, 9.17) is 5.73 Å². The predicted molar refractivity (Wildman–Crippen MR) is 80.7 cm³/mol. The van der Waals surface area contributed by atoms with Gasteiger partial charge in [-0.1, -0.05) is 24.3 Å². The van der Waals surface area contributed by atoms with E-state index in [1.165, 1.54) is 28.0 Å². The Kier molecular flexibility index (Phi) is 3.48. The molecule has 1 aliphatic rings. The number of carbonyl (C=O) groups excluding carboxylic acids is 1. The van der Waals surface area contributed by atoms with Crippen molar-refractivity contribution in [2.75, 3.05) is 12.3 Å². The minimum Gasteiger partial charge on any atom is -0.398 e. The summed E-state index contributed by atoms with van der Waals surface area (Å²) in [6.07, 6.45) is 2.37. The van der Waals surface area contributed by atoms with Crippen LogP contribution in [0.4, 0.5) is 5.69 Å². The van der Waals surface area contributed by atoms with Crippen LogP contribution in [-0.2, 0) is 24.3 Å². The van der Waals surface area contributed by atoms with Crippen molar-refractivity contribution in [1.82, 2.24) is 9.47 Å². The molecule has 1 aromatic heterocycles. The summed E-state index contributed by atoms with van der Waals surface area (Å²) in [5, 5.41) is 0. The van der Waals surface area contributed by atoms with Crippen molar-refractivity contribution < 1.29 is 4.79 Å². The molecular weight excluding hydrogens is 266 g/mol. The largest absolute Gasteiger partial charge is 0.398 e. The molecule has 3 rings (SSSR count). The number of carbonyl (C=O) groups is 1. The van der Waals surface area contributed by atoms with Gasteiger partial charge in [0.25, 0.3) is 5.56 Å². The smallest absolute Gasteiger partial charge is 0.251 e. The molecule has 0 saturated carbocycles. The van der Waals surface area contributed by atoms with E-state index < -0.39 is 0 Å². The minimum atomic E-state index is -0.213. The van der Waals surface area contributed by atoms with Crippen molar-refractivity contribution in [3.05, 3.63) is 64.1 Å². The number of rotatable bonds is 2. The first-order valence-electron chi connectivity index (χ1n) is 6.94. The highest BCUT2D eigenvalue weighted by Crippen LogP contribution is 2.18. The number of fused-ring (bicyclic) bond motifs is 1. The molecule has 0 aliphatic carbocycles. The number of hydrogen-bond donors (Lipinski definition) is 1. The highest BCUT2D eigenvalue weighted by Gasteiger charge is 2.20. The summed E-state index contributed by atoms with van der Waals surface area (Å²) in [5.41, 5.74) is 8.40. The van der Waals surface area contributed by atoms with Crippen molar-refractivity contribution in [2.45, 2.75) is 19.5 Å². The Morgan fingerprint density at radius 3 is 2.71 bits per heavy atom. The molecule has 0 spiro atoms. The van der Waals surface area contributed by atoms with Gasteiger partial charge in [-0.05, 0) is 23.6 Å². The van der Waals surface area contributed by atoms with Crippen LogP contribution in [0.2, 0.25) is 0 Å². The first kappa shape index (κ1) is 13.4. The monoisotopic (exact) mass is 283 g/mol. The van der Waals surface area contributed by atoms with E-state index in [9.17, 15) is 9.59 Å². The number of anilines is 1. The SMILES string of the molecule is Nc1ccc(=O)n(CC(=O)N2CCc3ccccc3C2)c1. The maximum absolute atomic E-state index is 12.4. The standard InChI is InChI=1S/C16H17N3O2/c17-14-5-6-15(20)19(10-14)11-16(21)18-8-7-12-3-1-2-4-13(12)9-18/h1-6,10H,7-9,11,17H2. The highest BCUT2D eigenvalue weighted by molar-refractivity contribution is 5.76. The fraction of sp³-hybridized carbons (Fsp3) is 0.250. The second kappa shape index (κ2) is 5.44. The van der Waals surface area contributed by atoms with Crippen LogP contribution in [0.3, 0.4) is 0 Å². The van der Waals surface area contributed by atoms with Crippen molar-refractivity contribution in [1.29, 1.82) is 0 Å². The van der Waals surface area contributed by atoms with E-state index >= 15 is 0 Å². The Morgan fingerprint density at radius 2 is 1.90 bits per heavy atom. The average molecular weight is 283 g/mol. The molecule has 0 saturated heterocycles. The fourth-order valence-corrected chi connectivity index (χ4v) is 2.63. The zero-order valence-electron chi connectivity index (χ0n) is 11.7. The van der Waals surface area contributed by atoms with Gasteiger partial charge < -0.3 is 15.2 Å². The van der Waals surface area contributed by atoms with Crippen LogP contribution in [0, 0.1) is 0 Å². The molecule has 2 heterocycles. The van der Waals surface area contributed by atoms with Gasteiger partial charge in [-0.3, -0.25) is 9.59 Å². The molecular formula is C16H17N3O2. The maximum atomic E-state index is 12.4. The van der Waals surface area contributed by atoms with Gasteiger partial charge in [0.1, 0.15) is 6.54 Å². The van der Waals surface area contributed by atoms with Gasteiger partial charge in [-0.2, -0.15) is 0 Å². The molecule has 0 unspecified atom stereocenters. The average Bonchev–Trinajstić information content (AvgIpc) is 2.50. The predicted octanol–water partition coefficient (Wildman–Crippen LogP) is 1.02. The lowest BCUT2D eigenvalue weighted by atomic mass is 10.00. The third-order valence-corrected chi connectivity index (χ3v) is 3.80. The molecule has 0 atom stereocenters. The summed E-state index contributed by atoms with van der Waals surface area (Å²) < 4.78 is 1.36. The van der Waals surface area contributed by atoms with E-state index in [1.54, 1.807) is 11.0 Å². The fourth-order valence-electron chi connectivity index (χ4n) is 2.63. The third kappa shape index (κ3) is 2.81. The van der Waals surface area contributed by atoms with Crippen LogP contribution in [0.1, 0.15) is 11.1 Å². The number of amides is 1. The van der Waals surface area contributed by atoms with Crippen LogP contribution in [-0.4, -0.2) is 21.9 Å². The number of hydrogen-bond acceptors (Lipinski definition) is 3. The normalized spacial score (nSPS) is 13.8. The summed E-state index contributed by atoms with van der Waals surface area (Å²) in [5.74, 6) is -0.0581. The lowest BCUT2D eigenvalue weighted by molar-refractivity contribution is -0.132. The van der Waals surface area contributed by atoms with Gasteiger partial charge >= 0.3 is 0 Å². The van der Waals surface area contributed by atoms with Gasteiger partial charge in [0.15, 0.2) is 0 Å². The van der Waals surface area contributed by atoms with Crippen LogP contribution in [0.25, 0.3) is 0 Å². The number of aromatic nitrogens is 1. The first-order chi connectivity index (χ1) is 10.1. The Morgan fingerprint density at radius 1 is 1.14 bits per heavy atom. The molecule has 0 bridgehead atoms. The molecule has 2 N–H and O–H groups in total. The third-order valence-electron chi connectivity index (χ3n) is 3.80. The van der Waals surface area contributed by atoms with Crippen LogP contribution in [0.5, 0.6) is 0 Å². The van der Waals surface area contributed by atoms with Gasteiger partial charge in [0.2, 0.25) is 5.91 Å². The van der Waals surface area contributed by atoms with Crippen LogP contribution >= 0.6 is 0 Å². The van der Waals surface area contributed by atoms with E-state index in [-0.39, 0.29) is 18.0 Å². The quantitative estimate of drug-likeness (QED) is 0.894. The molecule has 5 heteroatoms. The van der Waals surface area contributed by atoms with Crippen molar-refractivity contribution >= 4 is 11.6 Å². The van der Waals surface area contributed by atoms with E-state index in [0.717, 1.165) is 6.42 Å². The van der Waals surface area contributed by atoms with Crippen LogP contribution in [0.15, 0.2) is 47.4 Å². The summed E-state index contributed by atoms with van der Waals surface area (Å²) in [6, 6.07) is 11.1. The molecule has 1 aromatic carbocycles. The minimum absolute atomic E-state index is 0.0338. The first-order valence-corrected chi connectivity index (χ1v) is 6.94. The van der Waals surface area contributed by atoms with Gasteiger partial charge in [-0.25, -0.2) is 0 Å². The summed E-state index contributed by atoms with van der Waals surface area (Å²) in [4.78, 5) is 25.9. The van der Waals surface area contributed by atoms with Crippen molar-refractivity contribution in [3.63, 3.8) is 0 Å². The topological polar surface area (TPSA) is 68.3 Å². The van der Waals surface area contributed by atoms with Gasteiger partial charge in [0.05, 0.1) is 0 Å². The second-order valence-electron chi connectivity index (χ2n) is 5.26. The lowest BCUT2D eigenvalue weighted by Crippen LogP contribution is -2.39. The molecule has 21 heavy (non-hydrogen) atoms. The van der Waals surface area contributed by atoms with Crippen molar-refractivity contribution in [3.8, 4) is 0 Å². The Hall–Kier alpha value is -2.56. The Labute approximate surface area is 122 Å². The number of nitrogen functional groups attached to an aromatic ring is 1. The zero-order valence-corrected chi connectivity index (χ0v) is 11.7. The Balaban J connectivity index is 1.75. The second-order valence-corrected chi connectivity index (χ2v) is 5.26. The molecule has 108 valence electrons.